The topological polar surface area (TPSA) is 113 Å². The van der Waals surface area contributed by atoms with Crippen LogP contribution in [0.3, 0.4) is 0 Å². The Bertz CT molecular complexity index is 745. The van der Waals surface area contributed by atoms with E-state index in [1.54, 1.807) is 6.20 Å². The van der Waals surface area contributed by atoms with Crippen LogP contribution in [0.15, 0.2) is 29.2 Å². The van der Waals surface area contributed by atoms with Gasteiger partial charge in [-0.2, -0.15) is 4.98 Å². The predicted molar refractivity (Wildman–Crippen MR) is 66.0 cm³/mol. The van der Waals surface area contributed by atoms with E-state index in [2.05, 4.69) is 24.9 Å². The molecule has 90 valence electrons. The SMILES string of the molecule is Nc1nc2nc(Cc3ccccn3)[nH]c2c(=O)[nH]1. The van der Waals surface area contributed by atoms with E-state index in [1.165, 1.54) is 0 Å². The number of nitrogens with zero attached hydrogens (tertiary/aromatic N) is 3. The number of rotatable bonds is 2. The first-order chi connectivity index (χ1) is 8.72. The predicted octanol–water partition coefficient (Wildman–Crippen LogP) is 0.214. The molecule has 18 heavy (non-hydrogen) atoms. The summed E-state index contributed by atoms with van der Waals surface area (Å²) in [6, 6.07) is 5.63. The maximum Gasteiger partial charge on any atom is 0.278 e. The molecule has 0 amide bonds. The standard InChI is InChI=1S/C11H10N6O/c12-11-16-9-8(10(18)17-11)14-7(15-9)5-6-3-1-2-4-13-6/h1-4H,5H2,(H4,12,14,15,16,17,18). The second kappa shape index (κ2) is 3.95. The van der Waals surface area contributed by atoms with Gasteiger partial charge in [-0.05, 0) is 12.1 Å². The average Bonchev–Trinajstić information content (AvgIpc) is 2.73. The van der Waals surface area contributed by atoms with Crippen molar-refractivity contribution in [2.24, 2.45) is 0 Å². The molecule has 0 aliphatic rings. The Morgan fingerprint density at radius 3 is 2.89 bits per heavy atom. The summed E-state index contributed by atoms with van der Waals surface area (Å²) < 4.78 is 0. The molecule has 3 heterocycles. The first-order valence-corrected chi connectivity index (χ1v) is 5.36. The minimum atomic E-state index is -0.322. The summed E-state index contributed by atoms with van der Waals surface area (Å²) in [6.45, 7) is 0. The van der Waals surface area contributed by atoms with Crippen LogP contribution in [0.25, 0.3) is 11.2 Å². The van der Waals surface area contributed by atoms with Gasteiger partial charge in [0, 0.05) is 18.3 Å². The van der Waals surface area contributed by atoms with Gasteiger partial charge in [-0.15, -0.1) is 0 Å². The Balaban J connectivity index is 2.04. The van der Waals surface area contributed by atoms with Gasteiger partial charge in [0.25, 0.3) is 5.56 Å². The molecular weight excluding hydrogens is 232 g/mol. The van der Waals surface area contributed by atoms with Crippen LogP contribution >= 0.6 is 0 Å². The number of anilines is 1. The molecule has 3 aromatic heterocycles. The third kappa shape index (κ3) is 1.81. The van der Waals surface area contributed by atoms with Crippen LogP contribution in [0, 0.1) is 0 Å². The number of aromatic nitrogens is 5. The smallest absolute Gasteiger partial charge is 0.278 e. The molecule has 0 bridgehead atoms. The van der Waals surface area contributed by atoms with Gasteiger partial charge in [0.15, 0.2) is 11.2 Å². The fourth-order valence-corrected chi connectivity index (χ4v) is 1.73. The van der Waals surface area contributed by atoms with Gasteiger partial charge in [-0.25, -0.2) is 4.98 Å². The van der Waals surface area contributed by atoms with Crippen molar-refractivity contribution in [2.45, 2.75) is 6.42 Å². The van der Waals surface area contributed by atoms with Crippen LogP contribution < -0.4 is 11.3 Å². The van der Waals surface area contributed by atoms with E-state index in [-0.39, 0.29) is 11.5 Å². The molecule has 0 fully saturated rings. The van der Waals surface area contributed by atoms with E-state index in [4.69, 9.17) is 5.73 Å². The summed E-state index contributed by atoms with van der Waals surface area (Å²) in [5, 5.41) is 0. The number of pyridine rings is 1. The maximum absolute atomic E-state index is 11.6. The van der Waals surface area contributed by atoms with Crippen molar-refractivity contribution in [2.75, 3.05) is 5.73 Å². The molecule has 0 aliphatic heterocycles. The molecule has 0 atom stereocenters. The average molecular weight is 242 g/mol. The Hall–Kier alpha value is -2.70. The number of imidazole rings is 1. The van der Waals surface area contributed by atoms with Crippen molar-refractivity contribution in [1.29, 1.82) is 0 Å². The molecule has 0 radical (unpaired) electrons. The lowest BCUT2D eigenvalue weighted by molar-refractivity contribution is 0.983. The highest BCUT2D eigenvalue weighted by atomic mass is 16.1. The van der Waals surface area contributed by atoms with E-state index >= 15 is 0 Å². The van der Waals surface area contributed by atoms with Crippen molar-refractivity contribution in [1.82, 2.24) is 24.9 Å². The summed E-state index contributed by atoms with van der Waals surface area (Å²) in [5.74, 6) is 0.690. The van der Waals surface area contributed by atoms with Crippen LogP contribution in [-0.4, -0.2) is 24.9 Å². The summed E-state index contributed by atoms with van der Waals surface area (Å²) in [7, 11) is 0. The maximum atomic E-state index is 11.6. The zero-order valence-electron chi connectivity index (χ0n) is 9.34. The molecule has 0 spiro atoms. The monoisotopic (exact) mass is 242 g/mol. The molecular formula is C11H10N6O. The lowest BCUT2D eigenvalue weighted by Gasteiger charge is -1.94. The lowest BCUT2D eigenvalue weighted by Crippen LogP contribution is -2.10. The third-order valence-electron chi connectivity index (χ3n) is 2.50. The quantitative estimate of drug-likeness (QED) is 0.594. The molecule has 3 aromatic rings. The first kappa shape index (κ1) is 10.5. The van der Waals surface area contributed by atoms with Gasteiger partial charge in [0.05, 0.1) is 0 Å². The van der Waals surface area contributed by atoms with Gasteiger partial charge >= 0.3 is 0 Å². The second-order valence-electron chi connectivity index (χ2n) is 3.83. The number of nitrogens with one attached hydrogen (secondary N) is 2. The molecule has 3 rings (SSSR count). The Kier molecular flexibility index (Phi) is 2.30. The third-order valence-corrected chi connectivity index (χ3v) is 2.50. The minimum absolute atomic E-state index is 0.0587. The normalized spacial score (nSPS) is 10.9. The zero-order valence-corrected chi connectivity index (χ0v) is 9.34. The van der Waals surface area contributed by atoms with Gasteiger partial charge in [0.1, 0.15) is 5.82 Å². The van der Waals surface area contributed by atoms with Crippen LogP contribution in [0.5, 0.6) is 0 Å². The van der Waals surface area contributed by atoms with E-state index in [1.807, 2.05) is 18.2 Å². The Morgan fingerprint density at radius 2 is 2.11 bits per heavy atom. The van der Waals surface area contributed by atoms with Crippen molar-refractivity contribution < 1.29 is 0 Å². The highest BCUT2D eigenvalue weighted by molar-refractivity contribution is 5.70. The van der Waals surface area contributed by atoms with Crippen LogP contribution in [0.1, 0.15) is 11.5 Å². The molecule has 0 saturated heterocycles. The van der Waals surface area contributed by atoms with Crippen molar-refractivity contribution in [3.05, 3.63) is 46.3 Å². The van der Waals surface area contributed by atoms with Crippen molar-refractivity contribution in [3.63, 3.8) is 0 Å². The van der Waals surface area contributed by atoms with Gasteiger partial charge in [0.2, 0.25) is 5.95 Å². The van der Waals surface area contributed by atoms with E-state index in [0.29, 0.717) is 23.4 Å². The van der Waals surface area contributed by atoms with Crippen molar-refractivity contribution in [3.8, 4) is 0 Å². The van der Waals surface area contributed by atoms with E-state index in [9.17, 15) is 4.79 Å². The fourth-order valence-electron chi connectivity index (χ4n) is 1.73. The summed E-state index contributed by atoms with van der Waals surface area (Å²) in [6.07, 6.45) is 2.22. The van der Waals surface area contributed by atoms with E-state index < -0.39 is 0 Å². The minimum Gasteiger partial charge on any atom is -0.369 e. The number of hydrogen-bond acceptors (Lipinski definition) is 5. The second-order valence-corrected chi connectivity index (χ2v) is 3.83. The summed E-state index contributed by atoms with van der Waals surface area (Å²) in [5.41, 5.74) is 6.64. The van der Waals surface area contributed by atoms with Gasteiger partial charge in [-0.3, -0.25) is 14.8 Å². The number of hydrogen-bond donors (Lipinski definition) is 3. The van der Waals surface area contributed by atoms with Crippen molar-refractivity contribution >= 4 is 17.1 Å². The molecule has 7 heteroatoms. The van der Waals surface area contributed by atoms with Gasteiger partial charge in [-0.1, -0.05) is 6.07 Å². The zero-order chi connectivity index (χ0) is 12.5. The Labute approximate surface area is 101 Å². The number of fused-ring (bicyclic) bond motifs is 1. The van der Waals surface area contributed by atoms with E-state index in [0.717, 1.165) is 5.69 Å². The number of nitrogens with two attached hydrogens (primary N) is 1. The highest BCUT2D eigenvalue weighted by Crippen LogP contribution is 2.08. The molecule has 7 nitrogen and oxygen atoms in total. The lowest BCUT2D eigenvalue weighted by atomic mass is 10.3. The molecule has 0 aliphatic carbocycles. The van der Waals surface area contributed by atoms with Crippen LogP contribution in [0.4, 0.5) is 5.95 Å². The largest absolute Gasteiger partial charge is 0.369 e. The number of nitrogen functional groups attached to an aromatic ring is 1. The summed E-state index contributed by atoms with van der Waals surface area (Å²) in [4.78, 5) is 29.3. The highest BCUT2D eigenvalue weighted by Gasteiger charge is 2.09. The first-order valence-electron chi connectivity index (χ1n) is 5.36. The molecule has 0 aromatic carbocycles. The van der Waals surface area contributed by atoms with Crippen LogP contribution in [-0.2, 0) is 6.42 Å². The fraction of sp³-hybridized carbons (Fsp3) is 0.0909. The summed E-state index contributed by atoms with van der Waals surface area (Å²) >= 11 is 0. The molecule has 0 saturated carbocycles. The number of aromatic amines is 2. The van der Waals surface area contributed by atoms with Gasteiger partial charge < -0.3 is 10.7 Å². The molecule has 4 N–H and O–H groups in total. The Morgan fingerprint density at radius 1 is 1.22 bits per heavy atom. The number of H-pyrrole nitrogens is 2. The molecule has 0 unspecified atom stereocenters. The van der Waals surface area contributed by atoms with Crippen LogP contribution in [0.2, 0.25) is 0 Å².